The first-order valence-electron chi connectivity index (χ1n) is 5.48. The molecule has 1 unspecified atom stereocenters. The molecular formula is C11H17N3O3S2. The minimum absolute atomic E-state index is 0.000140. The zero-order valence-corrected chi connectivity index (χ0v) is 12.3. The summed E-state index contributed by atoms with van der Waals surface area (Å²) < 4.78 is 26.7. The molecule has 0 aromatic heterocycles. The second-order valence-electron chi connectivity index (χ2n) is 4.09. The van der Waals surface area contributed by atoms with Crippen molar-refractivity contribution in [2.24, 2.45) is 5.73 Å². The van der Waals surface area contributed by atoms with E-state index in [9.17, 15) is 13.2 Å². The minimum Gasteiger partial charge on any atom is -0.398 e. The Kier molecular flexibility index (Phi) is 5.21. The summed E-state index contributed by atoms with van der Waals surface area (Å²) in [6, 6.07) is 3.67. The average molecular weight is 303 g/mol. The highest BCUT2D eigenvalue weighted by molar-refractivity contribution is 7.98. The van der Waals surface area contributed by atoms with E-state index in [0.29, 0.717) is 5.75 Å². The number of thioether (sulfide) groups is 1. The molecule has 0 heterocycles. The number of sulfonamides is 1. The summed E-state index contributed by atoms with van der Waals surface area (Å²) in [5.41, 5.74) is 10.9. The van der Waals surface area contributed by atoms with E-state index in [1.165, 1.54) is 30.0 Å². The van der Waals surface area contributed by atoms with Crippen LogP contribution in [0.15, 0.2) is 23.1 Å². The van der Waals surface area contributed by atoms with Gasteiger partial charge in [-0.1, -0.05) is 0 Å². The van der Waals surface area contributed by atoms with Crippen molar-refractivity contribution in [3.8, 4) is 0 Å². The average Bonchev–Trinajstić information content (AvgIpc) is 2.27. The van der Waals surface area contributed by atoms with E-state index in [1.807, 2.05) is 6.26 Å². The number of benzene rings is 1. The Bertz CT molecular complexity index is 573. The van der Waals surface area contributed by atoms with E-state index in [1.54, 1.807) is 6.92 Å². The molecule has 1 aromatic carbocycles. The van der Waals surface area contributed by atoms with Gasteiger partial charge in [0.1, 0.15) is 4.90 Å². The zero-order chi connectivity index (χ0) is 14.6. The van der Waals surface area contributed by atoms with E-state index in [4.69, 9.17) is 11.5 Å². The van der Waals surface area contributed by atoms with E-state index < -0.39 is 15.9 Å². The summed E-state index contributed by atoms with van der Waals surface area (Å²) in [5, 5.41) is 0. The summed E-state index contributed by atoms with van der Waals surface area (Å²) in [4.78, 5) is 10.9. The molecule has 0 radical (unpaired) electrons. The molecule has 8 heteroatoms. The molecule has 1 rings (SSSR count). The highest BCUT2D eigenvalue weighted by Gasteiger charge is 2.20. The Balaban J connectivity index is 3.05. The number of nitrogens with two attached hydrogens (primary N) is 2. The van der Waals surface area contributed by atoms with Crippen molar-refractivity contribution in [1.82, 2.24) is 4.72 Å². The summed E-state index contributed by atoms with van der Waals surface area (Å²) >= 11 is 1.54. The van der Waals surface area contributed by atoms with Crippen LogP contribution in [0.4, 0.5) is 5.69 Å². The number of carbonyl (C=O) groups is 1. The van der Waals surface area contributed by atoms with E-state index in [0.717, 1.165) is 0 Å². The molecule has 1 amide bonds. The molecule has 0 saturated heterocycles. The molecule has 6 nitrogen and oxygen atoms in total. The minimum atomic E-state index is -3.70. The third-order valence-electron chi connectivity index (χ3n) is 2.36. The Morgan fingerprint density at radius 2 is 2.11 bits per heavy atom. The van der Waals surface area contributed by atoms with Crippen molar-refractivity contribution in [3.05, 3.63) is 23.8 Å². The first kappa shape index (κ1) is 15.8. The van der Waals surface area contributed by atoms with Gasteiger partial charge in [-0.05, 0) is 31.4 Å². The second kappa shape index (κ2) is 6.27. The molecule has 0 bridgehead atoms. The van der Waals surface area contributed by atoms with Crippen molar-refractivity contribution in [1.29, 1.82) is 0 Å². The number of hydrogen-bond donors (Lipinski definition) is 3. The highest BCUT2D eigenvalue weighted by atomic mass is 32.2. The monoisotopic (exact) mass is 303 g/mol. The fourth-order valence-electron chi connectivity index (χ4n) is 1.56. The topological polar surface area (TPSA) is 115 Å². The fraction of sp³-hybridized carbons (Fsp3) is 0.364. The maximum absolute atomic E-state index is 12.1. The summed E-state index contributed by atoms with van der Waals surface area (Å²) in [6.07, 6.45) is 1.89. The van der Waals surface area contributed by atoms with Gasteiger partial charge in [0.25, 0.3) is 0 Å². The van der Waals surface area contributed by atoms with Gasteiger partial charge in [0, 0.05) is 17.4 Å². The Hall–Kier alpha value is -1.25. The Morgan fingerprint density at radius 3 is 2.58 bits per heavy atom. The van der Waals surface area contributed by atoms with Crippen LogP contribution in [0.2, 0.25) is 0 Å². The van der Waals surface area contributed by atoms with E-state index in [2.05, 4.69) is 4.72 Å². The summed E-state index contributed by atoms with van der Waals surface area (Å²) in [5.74, 6) is -0.00208. The summed E-state index contributed by atoms with van der Waals surface area (Å²) in [7, 11) is -3.70. The molecule has 106 valence electrons. The van der Waals surface area contributed by atoms with Crippen molar-refractivity contribution < 1.29 is 13.2 Å². The Labute approximate surface area is 117 Å². The van der Waals surface area contributed by atoms with Crippen molar-refractivity contribution in [2.45, 2.75) is 17.9 Å². The van der Waals surface area contributed by atoms with Gasteiger partial charge in [-0.3, -0.25) is 4.79 Å². The number of nitrogens with one attached hydrogen (secondary N) is 1. The third-order valence-corrected chi connectivity index (χ3v) is 4.85. The lowest BCUT2D eigenvalue weighted by molar-refractivity contribution is 0.1000. The van der Waals surface area contributed by atoms with Crippen LogP contribution in [0.25, 0.3) is 0 Å². The van der Waals surface area contributed by atoms with Gasteiger partial charge in [-0.2, -0.15) is 11.8 Å². The van der Waals surface area contributed by atoms with Gasteiger partial charge in [-0.25, -0.2) is 13.1 Å². The number of amides is 1. The number of anilines is 1. The van der Waals surface area contributed by atoms with Crippen LogP contribution in [0.3, 0.4) is 0 Å². The van der Waals surface area contributed by atoms with Gasteiger partial charge >= 0.3 is 0 Å². The van der Waals surface area contributed by atoms with E-state index >= 15 is 0 Å². The number of carbonyl (C=O) groups excluding carboxylic acids is 1. The van der Waals surface area contributed by atoms with Crippen LogP contribution in [0.5, 0.6) is 0 Å². The molecule has 0 aliphatic carbocycles. The molecule has 0 fully saturated rings. The van der Waals surface area contributed by atoms with Crippen LogP contribution in [-0.2, 0) is 10.0 Å². The predicted molar refractivity (Wildman–Crippen MR) is 77.5 cm³/mol. The van der Waals surface area contributed by atoms with Gasteiger partial charge < -0.3 is 11.5 Å². The molecule has 0 aliphatic heterocycles. The largest absolute Gasteiger partial charge is 0.398 e. The van der Waals surface area contributed by atoms with Crippen LogP contribution in [0.1, 0.15) is 17.3 Å². The lowest BCUT2D eigenvalue weighted by Crippen LogP contribution is -2.34. The van der Waals surface area contributed by atoms with Gasteiger partial charge in [0.15, 0.2) is 0 Å². The maximum Gasteiger partial charge on any atom is 0.248 e. The molecule has 1 atom stereocenters. The first-order chi connectivity index (χ1) is 8.77. The molecule has 1 aromatic rings. The van der Waals surface area contributed by atoms with Crippen molar-refractivity contribution in [2.75, 3.05) is 17.7 Å². The number of hydrogen-bond acceptors (Lipinski definition) is 5. The number of primary amides is 1. The molecule has 0 saturated carbocycles. The van der Waals surface area contributed by atoms with Crippen LogP contribution in [0, 0.1) is 0 Å². The zero-order valence-electron chi connectivity index (χ0n) is 10.7. The molecule has 0 spiro atoms. The Morgan fingerprint density at radius 1 is 1.47 bits per heavy atom. The predicted octanol–water partition coefficient (Wildman–Crippen LogP) is 0.398. The smallest absolute Gasteiger partial charge is 0.248 e. The quantitative estimate of drug-likeness (QED) is 0.658. The van der Waals surface area contributed by atoms with Gasteiger partial charge in [0.05, 0.1) is 5.69 Å². The SMILES string of the molecule is CSCC(C)NS(=O)(=O)c1ccc(C(N)=O)cc1N. The highest BCUT2D eigenvalue weighted by Crippen LogP contribution is 2.20. The fourth-order valence-corrected chi connectivity index (χ4v) is 3.60. The lowest BCUT2D eigenvalue weighted by Gasteiger charge is -2.14. The van der Waals surface area contributed by atoms with Gasteiger partial charge in [-0.15, -0.1) is 0 Å². The summed E-state index contributed by atoms with van der Waals surface area (Å²) in [6.45, 7) is 1.77. The van der Waals surface area contributed by atoms with Crippen molar-refractivity contribution in [3.63, 3.8) is 0 Å². The number of rotatable bonds is 6. The van der Waals surface area contributed by atoms with Gasteiger partial charge in [0.2, 0.25) is 15.9 Å². The lowest BCUT2D eigenvalue weighted by atomic mass is 10.2. The van der Waals surface area contributed by atoms with Crippen molar-refractivity contribution >= 4 is 33.4 Å². The molecule has 5 N–H and O–H groups in total. The third kappa shape index (κ3) is 4.12. The standard InChI is InChI=1S/C11H17N3O3S2/c1-7(6-18-2)14-19(16,17)10-4-3-8(11(13)15)5-9(10)12/h3-5,7,14H,6,12H2,1-2H3,(H2,13,15). The van der Waals surface area contributed by atoms with Crippen LogP contribution in [-0.4, -0.2) is 32.4 Å². The molecule has 0 aliphatic rings. The van der Waals surface area contributed by atoms with E-state index in [-0.39, 0.29) is 22.2 Å². The molecule has 19 heavy (non-hydrogen) atoms. The maximum atomic E-state index is 12.1. The number of nitrogen functional groups attached to an aromatic ring is 1. The first-order valence-corrected chi connectivity index (χ1v) is 8.36. The second-order valence-corrected chi connectivity index (χ2v) is 6.69. The van der Waals surface area contributed by atoms with Crippen LogP contribution >= 0.6 is 11.8 Å². The molecular weight excluding hydrogens is 286 g/mol. The normalized spacial score (nSPS) is 13.2. The van der Waals surface area contributed by atoms with Crippen LogP contribution < -0.4 is 16.2 Å².